The highest BCUT2D eigenvalue weighted by molar-refractivity contribution is 5.96. The van der Waals surface area contributed by atoms with Crippen molar-refractivity contribution in [2.45, 2.75) is 19.8 Å². The quantitative estimate of drug-likeness (QED) is 0.701. The van der Waals surface area contributed by atoms with Crippen LogP contribution >= 0.6 is 0 Å². The Bertz CT molecular complexity index is 412. The van der Waals surface area contributed by atoms with E-state index < -0.39 is 0 Å². The monoisotopic (exact) mass is 205 g/mol. The molecule has 80 valence electrons. The summed E-state index contributed by atoms with van der Waals surface area (Å²) in [6, 6.07) is 3.95. The van der Waals surface area contributed by atoms with Crippen molar-refractivity contribution in [3.8, 4) is 5.75 Å². The Morgan fingerprint density at radius 2 is 2.07 bits per heavy atom. The van der Waals surface area contributed by atoms with E-state index in [2.05, 4.69) is 6.92 Å². The Hall–Kier alpha value is -1.51. The third kappa shape index (κ3) is 1.58. The van der Waals surface area contributed by atoms with Crippen molar-refractivity contribution in [1.29, 1.82) is 0 Å². The molecule has 0 fully saturated rings. The highest BCUT2D eigenvalue weighted by atomic mass is 16.5. The Morgan fingerprint density at radius 3 is 2.73 bits per heavy atom. The van der Waals surface area contributed by atoms with Crippen LogP contribution in [0.3, 0.4) is 0 Å². The maximum absolute atomic E-state index is 11.6. The number of amides is 1. The molecule has 0 saturated heterocycles. The van der Waals surface area contributed by atoms with Crippen molar-refractivity contribution in [3.05, 3.63) is 23.3 Å². The van der Waals surface area contributed by atoms with E-state index in [0.29, 0.717) is 6.42 Å². The fourth-order valence-electron chi connectivity index (χ4n) is 2.04. The average molecular weight is 205 g/mol. The van der Waals surface area contributed by atoms with Crippen LogP contribution in [0.2, 0.25) is 0 Å². The zero-order valence-electron chi connectivity index (χ0n) is 9.33. The molecule has 3 heteroatoms. The lowest BCUT2D eigenvalue weighted by atomic mass is 9.96. The minimum Gasteiger partial charge on any atom is -0.497 e. The zero-order valence-corrected chi connectivity index (χ0v) is 9.33. The molecule has 0 saturated carbocycles. The molecule has 15 heavy (non-hydrogen) atoms. The van der Waals surface area contributed by atoms with Crippen molar-refractivity contribution in [2.24, 2.45) is 0 Å². The molecule has 1 amide bonds. The van der Waals surface area contributed by atoms with Crippen LogP contribution in [0.1, 0.15) is 17.5 Å². The molecule has 0 bridgehead atoms. The van der Waals surface area contributed by atoms with Crippen LogP contribution in [-0.2, 0) is 11.2 Å². The fourth-order valence-corrected chi connectivity index (χ4v) is 2.04. The summed E-state index contributed by atoms with van der Waals surface area (Å²) in [5, 5.41) is 0. The molecular weight excluding hydrogens is 190 g/mol. The van der Waals surface area contributed by atoms with Gasteiger partial charge in [0.1, 0.15) is 5.75 Å². The van der Waals surface area contributed by atoms with Crippen molar-refractivity contribution in [2.75, 3.05) is 19.1 Å². The van der Waals surface area contributed by atoms with Crippen molar-refractivity contribution in [1.82, 2.24) is 0 Å². The molecule has 0 aliphatic carbocycles. The summed E-state index contributed by atoms with van der Waals surface area (Å²) in [7, 11) is 3.46. The van der Waals surface area contributed by atoms with Gasteiger partial charge in [0.05, 0.1) is 12.8 Å². The first-order valence-electron chi connectivity index (χ1n) is 5.07. The summed E-state index contributed by atoms with van der Waals surface area (Å²) in [5.74, 6) is 0.989. The van der Waals surface area contributed by atoms with Crippen LogP contribution in [0.15, 0.2) is 12.1 Å². The zero-order chi connectivity index (χ0) is 11.0. The molecule has 1 aromatic rings. The number of benzene rings is 1. The minimum atomic E-state index is 0.176. The molecule has 0 unspecified atom stereocenters. The topological polar surface area (TPSA) is 29.5 Å². The van der Waals surface area contributed by atoms with Gasteiger partial charge in [-0.2, -0.15) is 0 Å². The minimum absolute atomic E-state index is 0.176. The number of fused-ring (bicyclic) bond motifs is 1. The first-order valence-corrected chi connectivity index (χ1v) is 5.07. The molecule has 3 nitrogen and oxygen atoms in total. The van der Waals surface area contributed by atoms with E-state index in [9.17, 15) is 4.79 Å². The number of rotatable bonds is 1. The number of methoxy groups -OCH3 is 1. The highest BCUT2D eigenvalue weighted by Crippen LogP contribution is 2.33. The molecule has 1 aliphatic rings. The summed E-state index contributed by atoms with van der Waals surface area (Å²) in [5.41, 5.74) is 3.45. The number of aryl methyl sites for hydroxylation is 1. The van der Waals surface area contributed by atoms with Crippen molar-refractivity contribution in [3.63, 3.8) is 0 Å². The van der Waals surface area contributed by atoms with E-state index in [1.807, 2.05) is 19.2 Å². The van der Waals surface area contributed by atoms with E-state index in [0.717, 1.165) is 17.9 Å². The van der Waals surface area contributed by atoms with Crippen molar-refractivity contribution >= 4 is 11.6 Å². The number of carbonyl (C=O) groups excluding carboxylic acids is 1. The third-order valence-electron chi connectivity index (χ3n) is 2.98. The van der Waals surface area contributed by atoms with Gasteiger partial charge >= 0.3 is 0 Å². The summed E-state index contributed by atoms with van der Waals surface area (Å²) in [4.78, 5) is 13.3. The molecule has 0 atom stereocenters. The Morgan fingerprint density at radius 1 is 1.33 bits per heavy atom. The van der Waals surface area contributed by atoms with E-state index >= 15 is 0 Å². The van der Waals surface area contributed by atoms with Crippen LogP contribution in [0.5, 0.6) is 5.75 Å². The SMILES string of the molecule is COc1cc(C)c2c(c1)N(C)C(=O)CC2. The molecule has 2 rings (SSSR count). The highest BCUT2D eigenvalue weighted by Gasteiger charge is 2.22. The van der Waals surface area contributed by atoms with E-state index in [1.54, 1.807) is 12.0 Å². The molecule has 1 heterocycles. The molecule has 0 spiro atoms. The van der Waals surface area contributed by atoms with Gasteiger partial charge in [-0.25, -0.2) is 0 Å². The summed E-state index contributed by atoms with van der Waals surface area (Å²) in [6.07, 6.45) is 1.45. The van der Waals surface area contributed by atoms with Crippen LogP contribution < -0.4 is 9.64 Å². The maximum Gasteiger partial charge on any atom is 0.227 e. The third-order valence-corrected chi connectivity index (χ3v) is 2.98. The van der Waals surface area contributed by atoms with Gasteiger partial charge in [-0.3, -0.25) is 4.79 Å². The van der Waals surface area contributed by atoms with Gasteiger partial charge in [-0.15, -0.1) is 0 Å². The number of anilines is 1. The van der Waals surface area contributed by atoms with Crippen molar-refractivity contribution < 1.29 is 9.53 Å². The summed E-state index contributed by atoms with van der Waals surface area (Å²) < 4.78 is 5.21. The van der Waals surface area contributed by atoms with Gasteiger partial charge in [0.25, 0.3) is 0 Å². The van der Waals surface area contributed by atoms with E-state index in [4.69, 9.17) is 4.74 Å². The predicted octanol–water partition coefficient (Wildman–Crippen LogP) is 1.91. The molecule has 0 radical (unpaired) electrons. The average Bonchev–Trinajstić information content (AvgIpc) is 2.23. The summed E-state index contributed by atoms with van der Waals surface area (Å²) in [6.45, 7) is 2.06. The second kappa shape index (κ2) is 3.57. The lowest BCUT2D eigenvalue weighted by Crippen LogP contribution is -2.31. The lowest BCUT2D eigenvalue weighted by molar-refractivity contribution is -0.118. The van der Waals surface area contributed by atoms with Crippen LogP contribution in [-0.4, -0.2) is 20.1 Å². The number of carbonyl (C=O) groups is 1. The smallest absolute Gasteiger partial charge is 0.227 e. The first kappa shape index (κ1) is 10.0. The number of ether oxygens (including phenoxy) is 1. The van der Waals surface area contributed by atoms with Gasteiger partial charge in [-0.05, 0) is 30.5 Å². The standard InChI is InChI=1S/C12H15NO2/c1-8-6-9(15-3)7-11-10(8)4-5-12(14)13(11)2/h6-7H,4-5H2,1-3H3. The fraction of sp³-hybridized carbons (Fsp3) is 0.417. The van der Waals surface area contributed by atoms with E-state index in [1.165, 1.54) is 11.1 Å². The van der Waals surface area contributed by atoms with Gasteiger partial charge in [0.2, 0.25) is 5.91 Å². The van der Waals surface area contributed by atoms with Gasteiger partial charge in [0.15, 0.2) is 0 Å². The lowest BCUT2D eigenvalue weighted by Gasteiger charge is -2.27. The Labute approximate surface area is 89.7 Å². The second-order valence-electron chi connectivity index (χ2n) is 3.89. The van der Waals surface area contributed by atoms with Crippen LogP contribution in [0, 0.1) is 6.92 Å². The van der Waals surface area contributed by atoms with Crippen LogP contribution in [0.4, 0.5) is 5.69 Å². The second-order valence-corrected chi connectivity index (χ2v) is 3.89. The Balaban J connectivity index is 2.55. The normalized spacial score (nSPS) is 15.1. The largest absolute Gasteiger partial charge is 0.497 e. The molecular formula is C12H15NO2. The Kier molecular flexibility index (Phi) is 2.39. The van der Waals surface area contributed by atoms with Gasteiger partial charge in [-0.1, -0.05) is 0 Å². The first-order chi connectivity index (χ1) is 7.13. The van der Waals surface area contributed by atoms with Gasteiger partial charge in [0, 0.05) is 19.5 Å². The predicted molar refractivity (Wildman–Crippen MR) is 59.5 cm³/mol. The molecule has 0 N–H and O–H groups in total. The molecule has 1 aromatic carbocycles. The van der Waals surface area contributed by atoms with Crippen LogP contribution in [0.25, 0.3) is 0 Å². The van der Waals surface area contributed by atoms with Gasteiger partial charge < -0.3 is 9.64 Å². The molecule has 1 aliphatic heterocycles. The summed E-state index contributed by atoms with van der Waals surface area (Å²) >= 11 is 0. The number of hydrogen-bond acceptors (Lipinski definition) is 2. The number of nitrogens with zero attached hydrogens (tertiary/aromatic N) is 1. The van der Waals surface area contributed by atoms with E-state index in [-0.39, 0.29) is 5.91 Å². The maximum atomic E-state index is 11.6. The number of hydrogen-bond donors (Lipinski definition) is 0. The molecule has 0 aromatic heterocycles.